The Morgan fingerprint density at radius 1 is 1.00 bits per heavy atom. The number of rotatable bonds is 7. The van der Waals surface area contributed by atoms with Crippen LogP contribution >= 0.6 is 0 Å². The third-order valence-electron chi connectivity index (χ3n) is 3.32. The van der Waals surface area contributed by atoms with E-state index in [0.717, 1.165) is 11.3 Å². The lowest BCUT2D eigenvalue weighted by Gasteiger charge is -2.11. The SMILES string of the molecule is CCOc1ccc(NC(=O)NCc2ccc(OC)c(OC)c2)cc1. The highest BCUT2D eigenvalue weighted by molar-refractivity contribution is 5.89. The van der Waals surface area contributed by atoms with Crippen molar-refractivity contribution in [2.45, 2.75) is 13.5 Å². The summed E-state index contributed by atoms with van der Waals surface area (Å²) in [6, 6.07) is 12.4. The second-order valence-electron chi connectivity index (χ2n) is 4.95. The van der Waals surface area contributed by atoms with E-state index in [0.29, 0.717) is 30.3 Å². The molecule has 2 aromatic carbocycles. The molecular weight excluding hydrogens is 308 g/mol. The number of hydrogen-bond donors (Lipinski definition) is 2. The predicted molar refractivity (Wildman–Crippen MR) is 93.0 cm³/mol. The van der Waals surface area contributed by atoms with E-state index in [2.05, 4.69) is 10.6 Å². The van der Waals surface area contributed by atoms with E-state index in [1.54, 1.807) is 32.4 Å². The Labute approximate surface area is 141 Å². The first-order valence-corrected chi connectivity index (χ1v) is 7.65. The molecule has 0 aliphatic rings. The average Bonchev–Trinajstić information content (AvgIpc) is 2.61. The summed E-state index contributed by atoms with van der Waals surface area (Å²) in [7, 11) is 3.16. The van der Waals surface area contributed by atoms with Crippen LogP contribution in [0.5, 0.6) is 17.2 Å². The molecule has 0 aliphatic heterocycles. The van der Waals surface area contributed by atoms with E-state index in [1.807, 2.05) is 31.2 Å². The summed E-state index contributed by atoms with van der Waals surface area (Å²) in [6.45, 7) is 2.91. The Morgan fingerprint density at radius 2 is 1.71 bits per heavy atom. The summed E-state index contributed by atoms with van der Waals surface area (Å²) < 4.78 is 15.8. The smallest absolute Gasteiger partial charge is 0.319 e. The zero-order chi connectivity index (χ0) is 17.4. The first-order valence-electron chi connectivity index (χ1n) is 7.65. The van der Waals surface area contributed by atoms with Crippen LogP contribution in [0.4, 0.5) is 10.5 Å². The van der Waals surface area contributed by atoms with E-state index in [1.165, 1.54) is 0 Å². The van der Waals surface area contributed by atoms with Gasteiger partial charge in [0.15, 0.2) is 11.5 Å². The zero-order valence-corrected chi connectivity index (χ0v) is 14.1. The number of methoxy groups -OCH3 is 2. The summed E-state index contributed by atoms with van der Waals surface area (Å²) in [5.74, 6) is 2.05. The minimum atomic E-state index is -0.283. The van der Waals surface area contributed by atoms with Gasteiger partial charge < -0.3 is 24.8 Å². The van der Waals surface area contributed by atoms with Crippen molar-refractivity contribution in [1.82, 2.24) is 5.32 Å². The molecule has 2 N–H and O–H groups in total. The summed E-state index contributed by atoms with van der Waals surface area (Å²) in [6.07, 6.45) is 0. The Morgan fingerprint density at radius 3 is 2.33 bits per heavy atom. The molecule has 24 heavy (non-hydrogen) atoms. The largest absolute Gasteiger partial charge is 0.494 e. The maximum atomic E-state index is 12.0. The van der Waals surface area contributed by atoms with Gasteiger partial charge in [0.2, 0.25) is 0 Å². The maximum absolute atomic E-state index is 12.0. The van der Waals surface area contributed by atoms with E-state index in [9.17, 15) is 4.79 Å². The van der Waals surface area contributed by atoms with Crippen molar-refractivity contribution in [3.63, 3.8) is 0 Å². The molecule has 6 nitrogen and oxygen atoms in total. The van der Waals surface area contributed by atoms with Crippen molar-refractivity contribution in [2.24, 2.45) is 0 Å². The number of ether oxygens (including phenoxy) is 3. The summed E-state index contributed by atoms with van der Waals surface area (Å²) in [5.41, 5.74) is 1.61. The van der Waals surface area contributed by atoms with Crippen LogP contribution in [0.1, 0.15) is 12.5 Å². The van der Waals surface area contributed by atoms with Crippen LogP contribution in [0.25, 0.3) is 0 Å². The van der Waals surface area contributed by atoms with Gasteiger partial charge in [0.1, 0.15) is 5.75 Å². The number of hydrogen-bond acceptors (Lipinski definition) is 4. The Kier molecular flexibility index (Phi) is 6.31. The molecule has 0 heterocycles. The summed E-state index contributed by atoms with van der Waals surface area (Å²) in [4.78, 5) is 12.0. The fourth-order valence-electron chi connectivity index (χ4n) is 2.15. The van der Waals surface area contributed by atoms with Gasteiger partial charge in [0, 0.05) is 12.2 Å². The molecule has 0 saturated heterocycles. The van der Waals surface area contributed by atoms with Crippen molar-refractivity contribution in [2.75, 3.05) is 26.1 Å². The monoisotopic (exact) mass is 330 g/mol. The Hall–Kier alpha value is -2.89. The predicted octanol–water partition coefficient (Wildman–Crippen LogP) is 3.42. The van der Waals surface area contributed by atoms with E-state index >= 15 is 0 Å². The molecule has 0 saturated carbocycles. The van der Waals surface area contributed by atoms with Gasteiger partial charge in [-0.25, -0.2) is 4.79 Å². The van der Waals surface area contributed by atoms with Gasteiger partial charge in [-0.3, -0.25) is 0 Å². The van der Waals surface area contributed by atoms with Crippen LogP contribution in [0.3, 0.4) is 0 Å². The minimum absolute atomic E-state index is 0.283. The van der Waals surface area contributed by atoms with Gasteiger partial charge in [-0.05, 0) is 48.9 Å². The lowest BCUT2D eigenvalue weighted by atomic mass is 10.2. The standard InChI is InChI=1S/C18H22N2O4/c1-4-24-15-8-6-14(7-9-15)20-18(21)19-12-13-5-10-16(22-2)17(11-13)23-3/h5-11H,4,12H2,1-3H3,(H2,19,20,21). The number of carbonyl (C=O) groups excluding carboxylic acids is 1. The Balaban J connectivity index is 1.88. The molecule has 0 aromatic heterocycles. The molecule has 2 amide bonds. The fourth-order valence-corrected chi connectivity index (χ4v) is 2.15. The third-order valence-corrected chi connectivity index (χ3v) is 3.32. The van der Waals surface area contributed by atoms with Gasteiger partial charge in [0.05, 0.1) is 20.8 Å². The molecule has 0 atom stereocenters. The molecule has 0 fully saturated rings. The van der Waals surface area contributed by atoms with Crippen molar-refractivity contribution in [3.05, 3.63) is 48.0 Å². The molecule has 0 spiro atoms. The number of urea groups is 1. The van der Waals surface area contributed by atoms with Crippen LogP contribution in [-0.4, -0.2) is 26.9 Å². The van der Waals surface area contributed by atoms with Gasteiger partial charge in [-0.1, -0.05) is 6.07 Å². The molecular formula is C18H22N2O4. The van der Waals surface area contributed by atoms with Gasteiger partial charge in [0.25, 0.3) is 0 Å². The lowest BCUT2D eigenvalue weighted by molar-refractivity contribution is 0.251. The molecule has 6 heteroatoms. The van der Waals surface area contributed by atoms with Crippen LogP contribution in [0.2, 0.25) is 0 Å². The van der Waals surface area contributed by atoms with Crippen molar-refractivity contribution in [3.8, 4) is 17.2 Å². The normalized spacial score (nSPS) is 9.96. The average molecular weight is 330 g/mol. The van der Waals surface area contributed by atoms with Gasteiger partial charge in [-0.2, -0.15) is 0 Å². The van der Waals surface area contributed by atoms with Crippen molar-refractivity contribution in [1.29, 1.82) is 0 Å². The van der Waals surface area contributed by atoms with Gasteiger partial charge >= 0.3 is 6.03 Å². The number of benzene rings is 2. The van der Waals surface area contributed by atoms with Crippen LogP contribution in [0, 0.1) is 0 Å². The molecule has 128 valence electrons. The second kappa shape index (κ2) is 8.67. The maximum Gasteiger partial charge on any atom is 0.319 e. The van der Waals surface area contributed by atoms with Crippen molar-refractivity contribution < 1.29 is 19.0 Å². The first-order chi connectivity index (χ1) is 11.7. The quantitative estimate of drug-likeness (QED) is 0.816. The lowest BCUT2D eigenvalue weighted by Crippen LogP contribution is -2.28. The van der Waals surface area contributed by atoms with Crippen molar-refractivity contribution >= 4 is 11.7 Å². The molecule has 2 rings (SSSR count). The topological polar surface area (TPSA) is 68.8 Å². The highest BCUT2D eigenvalue weighted by Gasteiger charge is 2.06. The van der Waals surface area contributed by atoms with E-state index in [4.69, 9.17) is 14.2 Å². The molecule has 0 aliphatic carbocycles. The van der Waals surface area contributed by atoms with Crippen LogP contribution in [-0.2, 0) is 6.54 Å². The van der Waals surface area contributed by atoms with Crippen LogP contribution in [0.15, 0.2) is 42.5 Å². The van der Waals surface area contributed by atoms with Crippen LogP contribution < -0.4 is 24.8 Å². The molecule has 0 radical (unpaired) electrons. The van der Waals surface area contributed by atoms with E-state index in [-0.39, 0.29) is 6.03 Å². The third kappa shape index (κ3) is 4.81. The highest BCUT2D eigenvalue weighted by Crippen LogP contribution is 2.27. The first kappa shape index (κ1) is 17.5. The number of carbonyl (C=O) groups is 1. The van der Waals surface area contributed by atoms with Gasteiger partial charge in [-0.15, -0.1) is 0 Å². The number of amides is 2. The Bertz CT molecular complexity index is 671. The number of anilines is 1. The fraction of sp³-hybridized carbons (Fsp3) is 0.278. The zero-order valence-electron chi connectivity index (χ0n) is 14.1. The number of nitrogens with one attached hydrogen (secondary N) is 2. The molecule has 2 aromatic rings. The summed E-state index contributed by atoms with van der Waals surface area (Å²) >= 11 is 0. The highest BCUT2D eigenvalue weighted by atomic mass is 16.5. The van der Waals surface area contributed by atoms with E-state index < -0.39 is 0 Å². The second-order valence-corrected chi connectivity index (χ2v) is 4.95. The molecule has 0 bridgehead atoms. The molecule has 0 unspecified atom stereocenters. The minimum Gasteiger partial charge on any atom is -0.494 e. The summed E-state index contributed by atoms with van der Waals surface area (Å²) in [5, 5.41) is 5.57.